The van der Waals surface area contributed by atoms with E-state index in [0.29, 0.717) is 17.5 Å². The lowest BCUT2D eigenvalue weighted by molar-refractivity contribution is -0.138. The SMILES string of the molecule is CC/C=C/CC/C=C(/CCCC)Cc1ccc(C)cc1C(F)(F)F. The zero-order valence-corrected chi connectivity index (χ0v) is 15.0. The van der Waals surface area contributed by atoms with Gasteiger partial charge in [0.15, 0.2) is 0 Å². The Hall–Kier alpha value is -1.51. The second-order valence-corrected chi connectivity index (χ2v) is 6.26. The summed E-state index contributed by atoms with van der Waals surface area (Å²) in [6.45, 7) is 5.90. The molecule has 0 heterocycles. The third-order valence-electron chi connectivity index (χ3n) is 4.01. The van der Waals surface area contributed by atoms with E-state index in [1.54, 1.807) is 19.1 Å². The Kier molecular flexibility index (Phi) is 8.88. The van der Waals surface area contributed by atoms with Crippen molar-refractivity contribution in [1.29, 1.82) is 0 Å². The number of hydrogen-bond donors (Lipinski definition) is 0. The van der Waals surface area contributed by atoms with Gasteiger partial charge in [-0.2, -0.15) is 13.2 Å². The van der Waals surface area contributed by atoms with Gasteiger partial charge in [0.25, 0.3) is 0 Å². The number of rotatable bonds is 9. The molecular weight excluding hydrogens is 309 g/mol. The van der Waals surface area contributed by atoms with E-state index < -0.39 is 11.7 Å². The van der Waals surface area contributed by atoms with Crippen molar-refractivity contribution in [2.45, 2.75) is 71.9 Å². The molecule has 0 fully saturated rings. The van der Waals surface area contributed by atoms with E-state index in [9.17, 15) is 13.2 Å². The van der Waals surface area contributed by atoms with Crippen molar-refractivity contribution in [3.05, 3.63) is 58.7 Å². The maximum atomic E-state index is 13.3. The van der Waals surface area contributed by atoms with Crippen molar-refractivity contribution in [1.82, 2.24) is 0 Å². The van der Waals surface area contributed by atoms with E-state index in [1.807, 2.05) is 0 Å². The van der Waals surface area contributed by atoms with E-state index >= 15 is 0 Å². The normalized spacial score (nSPS) is 13.0. The van der Waals surface area contributed by atoms with Crippen molar-refractivity contribution in [2.24, 2.45) is 0 Å². The molecule has 0 unspecified atom stereocenters. The molecule has 0 atom stereocenters. The molecule has 0 radical (unpaired) electrons. The van der Waals surface area contributed by atoms with Gasteiger partial charge < -0.3 is 0 Å². The molecule has 1 rings (SSSR count). The summed E-state index contributed by atoms with van der Waals surface area (Å²) in [5.74, 6) is 0. The van der Waals surface area contributed by atoms with E-state index in [4.69, 9.17) is 0 Å². The van der Waals surface area contributed by atoms with E-state index in [-0.39, 0.29) is 0 Å². The van der Waals surface area contributed by atoms with Crippen molar-refractivity contribution in [2.75, 3.05) is 0 Å². The fraction of sp³-hybridized carbons (Fsp3) is 0.524. The van der Waals surface area contributed by atoms with E-state index in [1.165, 1.54) is 6.07 Å². The quantitative estimate of drug-likeness (QED) is 0.324. The van der Waals surface area contributed by atoms with Crippen LogP contribution in [0, 0.1) is 6.92 Å². The molecule has 0 amide bonds. The lowest BCUT2D eigenvalue weighted by Gasteiger charge is -2.15. The molecular formula is C21H29F3. The fourth-order valence-corrected chi connectivity index (χ4v) is 2.69. The molecule has 0 saturated heterocycles. The predicted molar refractivity (Wildman–Crippen MR) is 96.2 cm³/mol. The number of benzene rings is 1. The number of allylic oxidation sites excluding steroid dienone is 4. The van der Waals surface area contributed by atoms with Gasteiger partial charge in [-0.1, -0.05) is 61.8 Å². The molecule has 134 valence electrons. The standard InChI is InChI=1S/C21H29F3/c1-4-6-8-9-10-12-18(11-7-5-2)16-19-14-13-17(3)15-20(19)21(22,23)24/h6,8,12-15H,4-5,7,9-11,16H2,1-3H3/b8-6+,18-12-. The van der Waals surface area contributed by atoms with Crippen molar-refractivity contribution >= 4 is 0 Å². The molecule has 0 nitrogen and oxygen atoms in total. The predicted octanol–water partition coefficient (Wildman–Crippen LogP) is 7.42. The van der Waals surface area contributed by atoms with Crippen LogP contribution in [0.2, 0.25) is 0 Å². The van der Waals surface area contributed by atoms with Gasteiger partial charge in [0.2, 0.25) is 0 Å². The fourth-order valence-electron chi connectivity index (χ4n) is 2.69. The van der Waals surface area contributed by atoms with Gasteiger partial charge in [-0.15, -0.1) is 0 Å². The summed E-state index contributed by atoms with van der Waals surface area (Å²) in [6, 6.07) is 4.66. The number of aryl methyl sites for hydroxylation is 1. The van der Waals surface area contributed by atoms with Crippen LogP contribution in [0.4, 0.5) is 13.2 Å². The summed E-state index contributed by atoms with van der Waals surface area (Å²) < 4.78 is 39.9. The summed E-state index contributed by atoms with van der Waals surface area (Å²) in [7, 11) is 0. The maximum Gasteiger partial charge on any atom is 0.416 e. The average molecular weight is 338 g/mol. The summed E-state index contributed by atoms with van der Waals surface area (Å²) in [5, 5.41) is 0. The monoisotopic (exact) mass is 338 g/mol. The van der Waals surface area contributed by atoms with Crippen LogP contribution in [0.3, 0.4) is 0 Å². The Morgan fingerprint density at radius 1 is 1.08 bits per heavy atom. The maximum absolute atomic E-state index is 13.3. The van der Waals surface area contributed by atoms with Crippen LogP contribution in [0.15, 0.2) is 42.0 Å². The average Bonchev–Trinajstić information content (AvgIpc) is 2.52. The summed E-state index contributed by atoms with van der Waals surface area (Å²) >= 11 is 0. The molecule has 0 spiro atoms. The summed E-state index contributed by atoms with van der Waals surface area (Å²) in [6.07, 6.45) is 8.30. The first-order valence-corrected chi connectivity index (χ1v) is 8.88. The second-order valence-electron chi connectivity index (χ2n) is 6.26. The third-order valence-corrected chi connectivity index (χ3v) is 4.01. The zero-order chi connectivity index (χ0) is 18.0. The molecule has 3 heteroatoms. The number of unbranched alkanes of at least 4 members (excludes halogenated alkanes) is 2. The lowest BCUT2D eigenvalue weighted by atomic mass is 9.94. The van der Waals surface area contributed by atoms with Crippen molar-refractivity contribution in [3.8, 4) is 0 Å². The molecule has 0 N–H and O–H groups in total. The Balaban J connectivity index is 2.93. The van der Waals surface area contributed by atoms with E-state index in [0.717, 1.165) is 44.1 Å². The highest BCUT2D eigenvalue weighted by molar-refractivity contribution is 5.36. The minimum Gasteiger partial charge on any atom is -0.166 e. The molecule has 1 aromatic rings. The minimum absolute atomic E-state index is 0.388. The van der Waals surface area contributed by atoms with Gasteiger partial charge in [0.1, 0.15) is 0 Å². The van der Waals surface area contributed by atoms with Gasteiger partial charge in [-0.25, -0.2) is 0 Å². The molecule has 24 heavy (non-hydrogen) atoms. The van der Waals surface area contributed by atoms with Crippen LogP contribution in [-0.4, -0.2) is 0 Å². The highest BCUT2D eigenvalue weighted by Gasteiger charge is 2.33. The highest BCUT2D eigenvalue weighted by atomic mass is 19.4. The smallest absolute Gasteiger partial charge is 0.166 e. The second kappa shape index (κ2) is 10.4. The highest BCUT2D eigenvalue weighted by Crippen LogP contribution is 2.34. The molecule has 0 saturated carbocycles. The van der Waals surface area contributed by atoms with Gasteiger partial charge in [-0.3, -0.25) is 0 Å². The molecule has 0 aliphatic carbocycles. The molecule has 0 aliphatic rings. The van der Waals surface area contributed by atoms with Crippen LogP contribution < -0.4 is 0 Å². The van der Waals surface area contributed by atoms with Gasteiger partial charge >= 0.3 is 6.18 Å². The lowest BCUT2D eigenvalue weighted by Crippen LogP contribution is -2.10. The number of alkyl halides is 3. The first-order chi connectivity index (χ1) is 11.4. The Morgan fingerprint density at radius 3 is 2.46 bits per heavy atom. The molecule has 0 aliphatic heterocycles. The van der Waals surface area contributed by atoms with Crippen LogP contribution in [0.25, 0.3) is 0 Å². The Morgan fingerprint density at radius 2 is 1.83 bits per heavy atom. The topological polar surface area (TPSA) is 0 Å². The largest absolute Gasteiger partial charge is 0.416 e. The number of halogens is 3. The van der Waals surface area contributed by atoms with Gasteiger partial charge in [0.05, 0.1) is 5.56 Å². The van der Waals surface area contributed by atoms with Crippen LogP contribution in [-0.2, 0) is 12.6 Å². The van der Waals surface area contributed by atoms with Gasteiger partial charge in [0, 0.05) is 0 Å². The zero-order valence-electron chi connectivity index (χ0n) is 15.0. The molecule has 0 aromatic heterocycles. The Bertz CT molecular complexity index is 551. The van der Waals surface area contributed by atoms with Crippen LogP contribution in [0.1, 0.15) is 69.1 Å². The van der Waals surface area contributed by atoms with Gasteiger partial charge in [-0.05, 0) is 57.1 Å². The molecule has 0 bridgehead atoms. The first kappa shape index (κ1) is 20.5. The minimum atomic E-state index is -4.29. The molecule has 1 aromatic carbocycles. The Labute approximate surface area is 144 Å². The van der Waals surface area contributed by atoms with E-state index in [2.05, 4.69) is 32.1 Å². The third kappa shape index (κ3) is 7.37. The summed E-state index contributed by atoms with van der Waals surface area (Å²) in [4.78, 5) is 0. The first-order valence-electron chi connectivity index (χ1n) is 8.88. The van der Waals surface area contributed by atoms with Crippen molar-refractivity contribution < 1.29 is 13.2 Å². The summed E-state index contributed by atoms with van der Waals surface area (Å²) in [5.41, 5.74) is 1.67. The van der Waals surface area contributed by atoms with Crippen LogP contribution >= 0.6 is 0 Å². The van der Waals surface area contributed by atoms with Crippen molar-refractivity contribution in [3.63, 3.8) is 0 Å². The number of hydrogen-bond acceptors (Lipinski definition) is 0. The van der Waals surface area contributed by atoms with Crippen LogP contribution in [0.5, 0.6) is 0 Å².